The van der Waals surface area contributed by atoms with Crippen LogP contribution in [0.1, 0.15) is 133 Å². The maximum atomic E-state index is 13.1. The molecule has 0 aliphatic heterocycles. The maximum Gasteiger partial charge on any atom is 0.412 e. The van der Waals surface area contributed by atoms with Crippen LogP contribution < -0.4 is 20.1 Å². The van der Waals surface area contributed by atoms with Crippen molar-refractivity contribution >= 4 is 12.5 Å². The van der Waals surface area contributed by atoms with Gasteiger partial charge in [0.15, 0.2) is 6.23 Å². The van der Waals surface area contributed by atoms with Crippen molar-refractivity contribution in [2.75, 3.05) is 0 Å². The van der Waals surface area contributed by atoms with Crippen molar-refractivity contribution in [1.82, 2.24) is 10.6 Å². The van der Waals surface area contributed by atoms with Crippen LogP contribution in [-0.4, -0.2) is 24.8 Å². The molecule has 2 aromatic carbocycles. The molecule has 2 amide bonds. The van der Waals surface area contributed by atoms with Crippen molar-refractivity contribution < 1.29 is 19.1 Å². The lowest BCUT2D eigenvalue weighted by Crippen LogP contribution is -2.56. The van der Waals surface area contributed by atoms with Crippen LogP contribution in [0, 0.1) is 21.7 Å². The molecule has 3 atom stereocenters. The lowest BCUT2D eigenvalue weighted by molar-refractivity contribution is -0.116. The molecule has 1 fully saturated rings. The Morgan fingerprint density at radius 2 is 1.24 bits per heavy atom. The van der Waals surface area contributed by atoms with Gasteiger partial charge in [-0.1, -0.05) is 114 Å². The van der Waals surface area contributed by atoms with E-state index in [0.29, 0.717) is 24.3 Å². The molecule has 0 radical (unpaired) electrons. The van der Waals surface area contributed by atoms with E-state index in [2.05, 4.69) is 125 Å². The largest absolute Gasteiger partial charge is 0.470 e. The highest BCUT2D eigenvalue weighted by molar-refractivity contribution is 5.70. The van der Waals surface area contributed by atoms with Gasteiger partial charge in [-0.2, -0.15) is 0 Å². The summed E-state index contributed by atoms with van der Waals surface area (Å²) in [5.74, 6) is 1.22. The molecule has 6 heteroatoms. The number of amides is 2. The average molecular weight is 635 g/mol. The molecule has 2 N–H and O–H groups in total. The third kappa shape index (κ3) is 10.8. The van der Waals surface area contributed by atoms with E-state index < -0.39 is 17.7 Å². The predicted molar refractivity (Wildman–Crippen MR) is 189 cm³/mol. The first-order chi connectivity index (χ1) is 20.9. The quantitative estimate of drug-likeness (QED) is 0.191. The van der Waals surface area contributed by atoms with E-state index in [4.69, 9.17) is 9.47 Å². The van der Waals surface area contributed by atoms with E-state index in [1.54, 1.807) is 0 Å². The van der Waals surface area contributed by atoms with Crippen LogP contribution in [0.3, 0.4) is 0 Å². The molecule has 1 saturated carbocycles. The fourth-order valence-corrected chi connectivity index (χ4v) is 8.53. The van der Waals surface area contributed by atoms with Gasteiger partial charge in [0.25, 0.3) is 0 Å². The van der Waals surface area contributed by atoms with Crippen LogP contribution in [0.25, 0.3) is 0 Å². The van der Waals surface area contributed by atoms with Crippen LogP contribution in [0.5, 0.6) is 11.5 Å². The zero-order valence-electron chi connectivity index (χ0n) is 31.0. The summed E-state index contributed by atoms with van der Waals surface area (Å²) in [5, 5.41) is 6.08. The highest BCUT2D eigenvalue weighted by Gasteiger charge is 2.47. The molecule has 0 saturated heterocycles. The minimum absolute atomic E-state index is 0.0101. The summed E-state index contributed by atoms with van der Waals surface area (Å²) < 4.78 is 12.2. The maximum absolute atomic E-state index is 13.1. The van der Waals surface area contributed by atoms with Gasteiger partial charge in [-0.15, -0.1) is 0 Å². The molecular weight excluding hydrogens is 572 g/mol. The van der Waals surface area contributed by atoms with Crippen LogP contribution in [0.15, 0.2) is 48.5 Å². The summed E-state index contributed by atoms with van der Waals surface area (Å²) in [6, 6.07) is 16.0. The van der Waals surface area contributed by atoms with Gasteiger partial charge in [-0.05, 0) is 94.6 Å². The molecule has 3 unspecified atom stereocenters. The monoisotopic (exact) mass is 634 g/mol. The number of carbonyl (C=O) groups excluding carboxylic acids is 2. The number of carbonyl (C=O) groups is 2. The SMILES string of the molecule is CC(C)(C)CC(C)(C)c1ccc(OC(=O)NC2CC(C)(C)CC(C)(C(NC=O)Oc3ccc(C(C)(C)CC(C)(C)C)cc3)C2)cc1. The van der Waals surface area contributed by atoms with Crippen molar-refractivity contribution in [3.63, 3.8) is 0 Å². The number of ether oxygens (including phenoxy) is 2. The topological polar surface area (TPSA) is 76.7 Å². The van der Waals surface area contributed by atoms with Crippen molar-refractivity contribution in [2.24, 2.45) is 21.7 Å². The first-order valence-corrected chi connectivity index (χ1v) is 17.0. The standard InChI is InChI=1S/C40H62N2O4/c1-35(2,3)24-38(9,10)28-14-18-31(19-15-28)45-33(41-27-43)40(13)23-30(22-37(7,8)26-40)42-34(44)46-32-20-16-29(17-21-32)39(11,12)25-36(4,5)6/h14-21,27,30,33H,22-26H2,1-13H3,(H,41,43)(H,42,44). The van der Waals surface area contributed by atoms with Gasteiger partial charge in [0.1, 0.15) is 11.5 Å². The Bertz CT molecular complexity index is 1310. The summed E-state index contributed by atoms with van der Waals surface area (Å²) in [5.41, 5.74) is 2.39. The van der Waals surface area contributed by atoms with E-state index in [1.165, 1.54) is 11.1 Å². The Morgan fingerprint density at radius 1 is 0.783 bits per heavy atom. The number of hydrogen-bond acceptors (Lipinski definition) is 4. The lowest BCUT2D eigenvalue weighted by Gasteiger charge is -2.49. The summed E-state index contributed by atoms with van der Waals surface area (Å²) >= 11 is 0. The van der Waals surface area contributed by atoms with E-state index >= 15 is 0 Å². The Hall–Kier alpha value is -3.02. The lowest BCUT2D eigenvalue weighted by atomic mass is 9.61. The number of nitrogens with one attached hydrogen (secondary N) is 2. The molecule has 46 heavy (non-hydrogen) atoms. The van der Waals surface area contributed by atoms with Crippen molar-refractivity contribution in [2.45, 2.75) is 145 Å². The molecule has 0 aromatic heterocycles. The van der Waals surface area contributed by atoms with Gasteiger partial charge in [0.05, 0.1) is 0 Å². The van der Waals surface area contributed by atoms with Gasteiger partial charge < -0.3 is 20.1 Å². The number of benzene rings is 2. The van der Waals surface area contributed by atoms with Crippen molar-refractivity contribution in [3.8, 4) is 11.5 Å². The predicted octanol–water partition coefficient (Wildman–Crippen LogP) is 9.94. The summed E-state index contributed by atoms with van der Waals surface area (Å²) in [6.45, 7) is 29.2. The highest BCUT2D eigenvalue weighted by Crippen LogP contribution is 2.48. The van der Waals surface area contributed by atoms with Gasteiger partial charge in [-0.25, -0.2) is 4.79 Å². The molecule has 2 aromatic rings. The Labute approximate surface area is 279 Å². The Balaban J connectivity index is 1.71. The third-order valence-corrected chi connectivity index (χ3v) is 9.25. The van der Waals surface area contributed by atoms with E-state index in [0.717, 1.165) is 25.7 Å². The van der Waals surface area contributed by atoms with E-state index in [9.17, 15) is 9.59 Å². The molecule has 3 rings (SSSR count). The van der Waals surface area contributed by atoms with E-state index in [1.807, 2.05) is 24.3 Å². The van der Waals surface area contributed by atoms with Crippen LogP contribution in [-0.2, 0) is 15.6 Å². The van der Waals surface area contributed by atoms with Crippen LogP contribution in [0.2, 0.25) is 0 Å². The molecular formula is C40H62N2O4. The zero-order chi connectivity index (χ0) is 34.8. The van der Waals surface area contributed by atoms with Gasteiger partial charge in [0.2, 0.25) is 6.41 Å². The van der Waals surface area contributed by atoms with Crippen LogP contribution in [0.4, 0.5) is 4.79 Å². The second-order valence-corrected chi connectivity index (χ2v) is 18.7. The summed E-state index contributed by atoms with van der Waals surface area (Å²) in [7, 11) is 0. The fraction of sp³-hybridized carbons (Fsp3) is 0.650. The van der Waals surface area contributed by atoms with Gasteiger partial charge >= 0.3 is 6.09 Å². The first kappa shape index (κ1) is 37.4. The number of rotatable bonds is 11. The second-order valence-electron chi connectivity index (χ2n) is 18.7. The van der Waals surface area contributed by atoms with E-state index in [-0.39, 0.29) is 33.1 Å². The molecule has 256 valence electrons. The molecule has 0 heterocycles. The minimum atomic E-state index is -0.567. The third-order valence-electron chi connectivity index (χ3n) is 9.25. The smallest absolute Gasteiger partial charge is 0.412 e. The zero-order valence-corrected chi connectivity index (χ0v) is 31.0. The van der Waals surface area contributed by atoms with Gasteiger partial charge in [-0.3, -0.25) is 4.79 Å². The van der Waals surface area contributed by atoms with Crippen molar-refractivity contribution in [3.05, 3.63) is 59.7 Å². The first-order valence-electron chi connectivity index (χ1n) is 17.0. The van der Waals surface area contributed by atoms with Gasteiger partial charge in [0, 0.05) is 11.5 Å². The minimum Gasteiger partial charge on any atom is -0.470 e. The second kappa shape index (κ2) is 13.6. The summed E-state index contributed by atoms with van der Waals surface area (Å²) in [6.07, 6.45) is 4.02. The molecule has 6 nitrogen and oxygen atoms in total. The average Bonchev–Trinajstić information content (AvgIpc) is 2.85. The number of hydrogen-bond donors (Lipinski definition) is 2. The Morgan fingerprint density at radius 3 is 1.67 bits per heavy atom. The molecule has 1 aliphatic carbocycles. The summed E-state index contributed by atoms with van der Waals surface area (Å²) in [4.78, 5) is 24.9. The van der Waals surface area contributed by atoms with Crippen LogP contribution >= 0.6 is 0 Å². The molecule has 0 spiro atoms. The fourth-order valence-electron chi connectivity index (χ4n) is 8.53. The molecule has 1 aliphatic rings. The normalized spacial score (nSPS) is 21.2. The highest BCUT2D eigenvalue weighted by atomic mass is 16.6. The van der Waals surface area contributed by atoms with Crippen molar-refractivity contribution in [1.29, 1.82) is 0 Å². The molecule has 0 bridgehead atoms. The Kier molecular flexibility index (Phi) is 11.1.